The monoisotopic (exact) mass is 423 g/mol. The third-order valence-corrected chi connectivity index (χ3v) is 6.82. The summed E-state index contributed by atoms with van der Waals surface area (Å²) in [5.74, 6) is 0.863. The minimum Gasteiger partial charge on any atom is -0.494 e. The van der Waals surface area contributed by atoms with Crippen molar-refractivity contribution < 1.29 is 9.53 Å². The number of ether oxygens (including phenoxy) is 1. The van der Waals surface area contributed by atoms with Crippen LogP contribution < -0.4 is 10.5 Å². The van der Waals surface area contributed by atoms with Gasteiger partial charge in [0.15, 0.2) is 5.69 Å². The quantitative estimate of drug-likeness (QED) is 0.596. The van der Waals surface area contributed by atoms with Crippen LogP contribution >= 0.6 is 0 Å². The van der Waals surface area contributed by atoms with Crippen LogP contribution in [0.1, 0.15) is 69.3 Å². The largest absolute Gasteiger partial charge is 0.494 e. The maximum Gasteiger partial charge on any atom is 0.274 e. The van der Waals surface area contributed by atoms with Gasteiger partial charge in [-0.25, -0.2) is 4.98 Å². The first-order valence-corrected chi connectivity index (χ1v) is 11.4. The Balaban J connectivity index is 1.60. The molecule has 31 heavy (non-hydrogen) atoms. The van der Waals surface area contributed by atoms with Crippen LogP contribution in [-0.4, -0.2) is 45.6 Å². The second kappa shape index (κ2) is 8.73. The average molecular weight is 424 g/mol. The molecule has 3 aromatic rings. The normalized spacial score (nSPS) is 16.2. The van der Waals surface area contributed by atoms with E-state index in [1.807, 2.05) is 29.2 Å². The molecule has 0 unspecified atom stereocenters. The van der Waals surface area contributed by atoms with Crippen molar-refractivity contribution in [2.75, 3.05) is 25.9 Å². The van der Waals surface area contributed by atoms with E-state index in [9.17, 15) is 4.79 Å². The molecule has 0 bridgehead atoms. The number of anilines is 1. The predicted molar refractivity (Wildman–Crippen MR) is 123 cm³/mol. The maximum absolute atomic E-state index is 13.3. The third kappa shape index (κ3) is 3.93. The lowest BCUT2D eigenvalue weighted by atomic mass is 9.71. The molecule has 1 aliphatic heterocycles. The summed E-state index contributed by atoms with van der Waals surface area (Å²) < 4.78 is 6.98. The van der Waals surface area contributed by atoms with Crippen molar-refractivity contribution in [3.8, 4) is 5.75 Å². The SMILES string of the molecule is CCCCC1(CCC)CCN(C(=O)c2cc3c4cccc(OC)c4nc(N)n3n2)CC1. The fourth-order valence-electron chi connectivity index (χ4n) is 5.08. The zero-order chi connectivity index (χ0) is 22.0. The van der Waals surface area contributed by atoms with Crippen molar-refractivity contribution in [3.05, 3.63) is 30.0 Å². The summed E-state index contributed by atoms with van der Waals surface area (Å²) in [5.41, 5.74) is 8.41. The van der Waals surface area contributed by atoms with Gasteiger partial charge in [-0.1, -0.05) is 45.2 Å². The number of hydrogen-bond donors (Lipinski definition) is 1. The first-order valence-electron chi connectivity index (χ1n) is 11.4. The van der Waals surface area contributed by atoms with Crippen molar-refractivity contribution in [1.29, 1.82) is 0 Å². The number of likely N-dealkylation sites (tertiary alicyclic amines) is 1. The average Bonchev–Trinajstić information content (AvgIpc) is 3.24. The molecule has 4 rings (SSSR count). The van der Waals surface area contributed by atoms with E-state index in [-0.39, 0.29) is 11.9 Å². The van der Waals surface area contributed by atoms with Crippen LogP contribution in [-0.2, 0) is 0 Å². The van der Waals surface area contributed by atoms with Crippen LogP contribution in [0, 0.1) is 5.41 Å². The summed E-state index contributed by atoms with van der Waals surface area (Å²) in [4.78, 5) is 19.7. The van der Waals surface area contributed by atoms with Gasteiger partial charge in [0.25, 0.3) is 5.91 Å². The summed E-state index contributed by atoms with van der Waals surface area (Å²) >= 11 is 0. The minimum absolute atomic E-state index is 0.0280. The molecule has 2 N–H and O–H groups in total. The molecular weight excluding hydrogens is 390 g/mol. The number of amides is 1. The standard InChI is InChI=1S/C24H33N5O2/c1-4-6-11-24(10-5-2)12-14-28(15-13-24)22(30)18-16-19-17-8-7-9-20(31-3)21(17)26-23(25)29(19)27-18/h7-9,16H,4-6,10-15H2,1-3H3,(H2,25,26). The number of rotatable bonds is 7. The van der Waals surface area contributed by atoms with E-state index in [4.69, 9.17) is 10.5 Å². The van der Waals surface area contributed by atoms with Crippen molar-refractivity contribution in [2.45, 2.75) is 58.8 Å². The van der Waals surface area contributed by atoms with Gasteiger partial charge in [-0.15, -0.1) is 0 Å². The highest BCUT2D eigenvalue weighted by Crippen LogP contribution is 2.41. The number of hydrogen-bond acceptors (Lipinski definition) is 5. The van der Waals surface area contributed by atoms with Gasteiger partial charge in [0, 0.05) is 18.5 Å². The second-order valence-corrected chi connectivity index (χ2v) is 8.80. The Bertz CT molecular complexity index is 1080. The third-order valence-electron chi connectivity index (χ3n) is 6.82. The van der Waals surface area contributed by atoms with E-state index in [1.165, 1.54) is 32.1 Å². The molecule has 1 aromatic carbocycles. The number of aromatic nitrogens is 3. The van der Waals surface area contributed by atoms with Gasteiger partial charge in [-0.2, -0.15) is 9.61 Å². The number of nitrogen functional groups attached to an aromatic ring is 1. The van der Waals surface area contributed by atoms with Gasteiger partial charge in [0.05, 0.1) is 12.6 Å². The molecule has 7 heteroatoms. The Morgan fingerprint density at radius 2 is 1.97 bits per heavy atom. The highest BCUT2D eigenvalue weighted by atomic mass is 16.5. The number of carbonyl (C=O) groups is 1. The Morgan fingerprint density at radius 1 is 1.19 bits per heavy atom. The lowest BCUT2D eigenvalue weighted by Gasteiger charge is -2.42. The van der Waals surface area contributed by atoms with Crippen molar-refractivity contribution in [3.63, 3.8) is 0 Å². The Hall–Kier alpha value is -2.83. The number of benzene rings is 1. The van der Waals surface area contributed by atoms with Crippen LogP contribution in [0.5, 0.6) is 5.75 Å². The first-order chi connectivity index (χ1) is 15.0. The van der Waals surface area contributed by atoms with Crippen LogP contribution in [0.25, 0.3) is 16.4 Å². The number of para-hydroxylation sites is 1. The summed E-state index contributed by atoms with van der Waals surface area (Å²) in [5, 5.41) is 5.37. The van der Waals surface area contributed by atoms with Crippen LogP contribution in [0.4, 0.5) is 5.95 Å². The number of nitrogens with zero attached hydrogens (tertiary/aromatic N) is 4. The molecule has 3 heterocycles. The van der Waals surface area contributed by atoms with E-state index in [0.717, 1.165) is 36.8 Å². The lowest BCUT2D eigenvalue weighted by Crippen LogP contribution is -2.43. The first kappa shape index (κ1) is 21.4. The topological polar surface area (TPSA) is 85.8 Å². The lowest BCUT2D eigenvalue weighted by molar-refractivity contribution is 0.0521. The highest BCUT2D eigenvalue weighted by Gasteiger charge is 2.35. The molecule has 1 aliphatic rings. The van der Waals surface area contributed by atoms with Gasteiger partial charge in [-0.05, 0) is 43.2 Å². The summed E-state index contributed by atoms with van der Waals surface area (Å²) in [7, 11) is 1.61. The van der Waals surface area contributed by atoms with Gasteiger partial charge in [-0.3, -0.25) is 4.79 Å². The number of methoxy groups -OCH3 is 1. The predicted octanol–water partition coefficient (Wildman–Crippen LogP) is 4.69. The number of unbranched alkanes of at least 4 members (excludes halogenated alkanes) is 1. The molecule has 1 saturated heterocycles. The Morgan fingerprint density at radius 3 is 2.65 bits per heavy atom. The Kier molecular flexibility index (Phi) is 6.03. The molecule has 1 amide bonds. The minimum atomic E-state index is -0.0280. The van der Waals surface area contributed by atoms with Gasteiger partial charge < -0.3 is 15.4 Å². The fraction of sp³-hybridized carbons (Fsp3) is 0.542. The van der Waals surface area contributed by atoms with E-state index in [0.29, 0.717) is 22.4 Å². The molecule has 0 aliphatic carbocycles. The molecule has 2 aromatic heterocycles. The number of nitrogens with two attached hydrogens (primary N) is 1. The maximum atomic E-state index is 13.3. The number of piperidine rings is 1. The zero-order valence-electron chi connectivity index (χ0n) is 18.9. The second-order valence-electron chi connectivity index (χ2n) is 8.80. The van der Waals surface area contributed by atoms with Crippen molar-refractivity contribution in [1.82, 2.24) is 19.5 Å². The molecule has 0 radical (unpaired) electrons. The van der Waals surface area contributed by atoms with Crippen LogP contribution in [0.3, 0.4) is 0 Å². The molecule has 0 saturated carbocycles. The summed E-state index contributed by atoms with van der Waals surface area (Å²) in [6, 6.07) is 7.53. The molecule has 0 atom stereocenters. The molecule has 166 valence electrons. The van der Waals surface area contributed by atoms with Gasteiger partial charge in [0.1, 0.15) is 11.3 Å². The highest BCUT2D eigenvalue weighted by molar-refractivity contribution is 6.01. The smallest absolute Gasteiger partial charge is 0.274 e. The number of fused-ring (bicyclic) bond motifs is 3. The van der Waals surface area contributed by atoms with Crippen molar-refractivity contribution >= 4 is 28.3 Å². The zero-order valence-corrected chi connectivity index (χ0v) is 18.9. The summed E-state index contributed by atoms with van der Waals surface area (Å²) in [6.07, 6.45) is 8.36. The van der Waals surface area contributed by atoms with Crippen LogP contribution in [0.2, 0.25) is 0 Å². The fourth-order valence-corrected chi connectivity index (χ4v) is 5.08. The van der Waals surface area contributed by atoms with E-state index in [2.05, 4.69) is 23.9 Å². The molecule has 0 spiro atoms. The molecule has 7 nitrogen and oxygen atoms in total. The van der Waals surface area contributed by atoms with E-state index < -0.39 is 0 Å². The summed E-state index contributed by atoms with van der Waals surface area (Å²) in [6.45, 7) is 6.10. The van der Waals surface area contributed by atoms with Crippen LogP contribution in [0.15, 0.2) is 24.3 Å². The van der Waals surface area contributed by atoms with Gasteiger partial charge in [0.2, 0.25) is 5.95 Å². The van der Waals surface area contributed by atoms with Gasteiger partial charge >= 0.3 is 0 Å². The Labute approximate surface area is 183 Å². The number of carbonyl (C=O) groups excluding carboxylic acids is 1. The van der Waals surface area contributed by atoms with E-state index >= 15 is 0 Å². The molecule has 1 fully saturated rings. The van der Waals surface area contributed by atoms with E-state index in [1.54, 1.807) is 11.6 Å². The van der Waals surface area contributed by atoms with Crippen molar-refractivity contribution in [2.24, 2.45) is 5.41 Å². The molecular formula is C24H33N5O2.